The van der Waals surface area contributed by atoms with E-state index in [-0.39, 0.29) is 34.8 Å². The quantitative estimate of drug-likeness (QED) is 0.390. The van der Waals surface area contributed by atoms with Gasteiger partial charge in [-0.15, -0.1) is 0 Å². The summed E-state index contributed by atoms with van der Waals surface area (Å²) in [7, 11) is -6.15. The minimum absolute atomic E-state index is 0.0695. The second-order valence-electron chi connectivity index (χ2n) is 13.1. The number of oxazole rings is 1. The maximum absolute atomic E-state index is 13.7. The van der Waals surface area contributed by atoms with Crippen LogP contribution in [-0.2, 0) is 24.5 Å². The number of carbonyl (C=O) groups is 1. The molecule has 2 aliphatic heterocycles. The summed E-state index contributed by atoms with van der Waals surface area (Å²) in [6.45, 7) is 1.47. The lowest BCUT2D eigenvalue weighted by atomic mass is 9.76. The molecule has 2 aliphatic carbocycles. The molecule has 14 heteroatoms. The zero-order chi connectivity index (χ0) is 32.8. The Hall–Kier alpha value is -3.96. The van der Waals surface area contributed by atoms with Crippen LogP contribution in [-0.4, -0.2) is 87.4 Å². The number of sulfone groups is 2. The average Bonchev–Trinajstić information content (AvgIpc) is 3.71. The van der Waals surface area contributed by atoms with Gasteiger partial charge in [-0.3, -0.25) is 9.78 Å². The Morgan fingerprint density at radius 1 is 0.936 bits per heavy atom. The highest BCUT2D eigenvalue weighted by atomic mass is 32.2. The topological polar surface area (TPSA) is 167 Å². The van der Waals surface area contributed by atoms with Crippen molar-refractivity contribution in [2.45, 2.75) is 50.0 Å². The first-order valence-electron chi connectivity index (χ1n) is 16.2. The van der Waals surface area contributed by atoms with Crippen LogP contribution in [0.4, 0.5) is 11.4 Å². The van der Waals surface area contributed by atoms with Gasteiger partial charge in [0.25, 0.3) is 0 Å². The molecule has 0 radical (unpaired) electrons. The molecule has 4 fully saturated rings. The summed E-state index contributed by atoms with van der Waals surface area (Å²) in [5.74, 6) is 0.401. The fourth-order valence-corrected chi connectivity index (χ4v) is 9.37. The number of nitrogens with one attached hydrogen (secondary N) is 1. The third-order valence-electron chi connectivity index (χ3n) is 9.94. The van der Waals surface area contributed by atoms with Gasteiger partial charge < -0.3 is 19.5 Å². The summed E-state index contributed by atoms with van der Waals surface area (Å²) in [5, 5.41) is 12.7. The molecule has 3 aromatic rings. The lowest BCUT2D eigenvalue weighted by Gasteiger charge is -2.32. The second-order valence-corrected chi connectivity index (χ2v) is 17.7. The summed E-state index contributed by atoms with van der Waals surface area (Å²) in [6, 6.07) is 11.9. The fraction of sp³-hybridized carbons (Fsp3) is 0.515. The van der Waals surface area contributed by atoms with Crippen molar-refractivity contribution in [3.8, 4) is 28.8 Å². The van der Waals surface area contributed by atoms with Crippen LogP contribution in [0.25, 0.3) is 22.7 Å². The van der Waals surface area contributed by atoms with Gasteiger partial charge in [0.1, 0.15) is 17.0 Å². The molecule has 4 aliphatic rings. The molecular formula is C33H38N6O6S2. The number of anilines is 2. The first kappa shape index (κ1) is 31.6. The molecular weight excluding hydrogens is 641 g/mol. The molecule has 7 rings (SSSR count). The van der Waals surface area contributed by atoms with Gasteiger partial charge in [0.15, 0.2) is 19.7 Å². The number of aromatic nitrogens is 2. The first-order valence-corrected chi connectivity index (χ1v) is 19.9. The number of benzene rings is 1. The van der Waals surface area contributed by atoms with Crippen molar-refractivity contribution in [2.75, 3.05) is 59.0 Å². The molecule has 0 bridgehead atoms. The SMILES string of the molecule is N#CC1(NC(=O)[C@@H]2CCCC[C@H]2c2oc(-c3cncc(N4CCS(=O)(=O)CC4)c3)nc2-c2ccccc2N2CCS(=O)(=O)CC2)CC1. The summed E-state index contributed by atoms with van der Waals surface area (Å²) < 4.78 is 55.3. The summed E-state index contributed by atoms with van der Waals surface area (Å²) in [5.41, 5.74) is 2.86. The van der Waals surface area contributed by atoms with Gasteiger partial charge in [0, 0.05) is 55.5 Å². The largest absolute Gasteiger partial charge is 0.440 e. The van der Waals surface area contributed by atoms with Crippen LogP contribution in [0, 0.1) is 17.2 Å². The van der Waals surface area contributed by atoms with Gasteiger partial charge >= 0.3 is 0 Å². The molecule has 12 nitrogen and oxygen atoms in total. The van der Waals surface area contributed by atoms with Crippen molar-refractivity contribution >= 4 is 37.0 Å². The van der Waals surface area contributed by atoms with E-state index in [9.17, 15) is 26.9 Å². The van der Waals surface area contributed by atoms with E-state index < -0.39 is 31.1 Å². The monoisotopic (exact) mass is 678 g/mol. The Bertz CT molecular complexity index is 1920. The lowest BCUT2D eigenvalue weighted by molar-refractivity contribution is -0.127. The van der Waals surface area contributed by atoms with Crippen molar-refractivity contribution in [3.05, 3.63) is 48.5 Å². The van der Waals surface area contributed by atoms with Crippen molar-refractivity contribution in [3.63, 3.8) is 0 Å². The predicted octanol–water partition coefficient (Wildman–Crippen LogP) is 3.32. The zero-order valence-corrected chi connectivity index (χ0v) is 27.7. The van der Waals surface area contributed by atoms with Crippen molar-refractivity contribution < 1.29 is 26.0 Å². The number of pyridine rings is 1. The second kappa shape index (κ2) is 12.2. The molecule has 2 saturated carbocycles. The van der Waals surface area contributed by atoms with Gasteiger partial charge in [-0.25, -0.2) is 21.8 Å². The maximum atomic E-state index is 13.7. The maximum Gasteiger partial charge on any atom is 0.228 e. The van der Waals surface area contributed by atoms with Crippen LogP contribution >= 0.6 is 0 Å². The smallest absolute Gasteiger partial charge is 0.228 e. The number of rotatable bonds is 7. The molecule has 0 unspecified atom stereocenters. The number of nitrogens with zero attached hydrogens (tertiary/aromatic N) is 5. The van der Waals surface area contributed by atoms with E-state index in [0.29, 0.717) is 74.8 Å². The van der Waals surface area contributed by atoms with Crippen molar-refractivity contribution in [2.24, 2.45) is 5.92 Å². The normalized spacial score (nSPS) is 24.7. The number of hydrogen-bond acceptors (Lipinski definition) is 11. The van der Waals surface area contributed by atoms with E-state index in [1.54, 1.807) is 12.4 Å². The van der Waals surface area contributed by atoms with E-state index in [0.717, 1.165) is 29.8 Å². The molecule has 4 heterocycles. The molecule has 2 atom stereocenters. The number of nitriles is 1. The summed E-state index contributed by atoms with van der Waals surface area (Å²) >= 11 is 0. The fourth-order valence-electron chi connectivity index (χ4n) is 6.97. The molecule has 0 spiro atoms. The van der Waals surface area contributed by atoms with E-state index in [1.807, 2.05) is 35.2 Å². The lowest BCUT2D eigenvalue weighted by Crippen LogP contribution is -2.42. The predicted molar refractivity (Wildman–Crippen MR) is 177 cm³/mol. The highest BCUT2D eigenvalue weighted by Crippen LogP contribution is 2.46. The van der Waals surface area contributed by atoms with Crippen LogP contribution < -0.4 is 15.1 Å². The Kier molecular flexibility index (Phi) is 8.24. The summed E-state index contributed by atoms with van der Waals surface area (Å²) in [6.07, 6.45) is 7.84. The first-order chi connectivity index (χ1) is 22.6. The molecule has 2 saturated heterocycles. The minimum atomic E-state index is -3.09. The van der Waals surface area contributed by atoms with E-state index in [4.69, 9.17) is 9.40 Å². The van der Waals surface area contributed by atoms with Gasteiger partial charge in [0.2, 0.25) is 11.8 Å². The van der Waals surface area contributed by atoms with Crippen molar-refractivity contribution in [1.82, 2.24) is 15.3 Å². The van der Waals surface area contributed by atoms with E-state index in [2.05, 4.69) is 21.3 Å². The van der Waals surface area contributed by atoms with Crippen LogP contribution in [0.5, 0.6) is 0 Å². The van der Waals surface area contributed by atoms with Crippen LogP contribution in [0.15, 0.2) is 47.1 Å². The Balaban J connectivity index is 1.29. The van der Waals surface area contributed by atoms with Crippen LogP contribution in [0.3, 0.4) is 0 Å². The number of amides is 1. The minimum Gasteiger partial charge on any atom is -0.440 e. The Morgan fingerprint density at radius 2 is 1.60 bits per heavy atom. The third-order valence-corrected chi connectivity index (χ3v) is 13.2. The number of carbonyl (C=O) groups excluding carboxylic acids is 1. The summed E-state index contributed by atoms with van der Waals surface area (Å²) in [4.78, 5) is 27.3. The standard InChI is InChI=1S/C33H38N6O6S2/c34-22-33(9-10-33)37-31(40)26-6-2-1-5-25(26)30-29(27-7-3-4-8-28(27)39-13-17-47(43,44)18-14-39)36-32(45-30)23-19-24(21-35-20-23)38-11-15-46(41,42)16-12-38/h3-4,7-8,19-21,25-26H,1-2,5-6,9-18H2,(H,37,40)/t25-,26-/m1/s1. The van der Waals surface area contributed by atoms with Gasteiger partial charge in [-0.2, -0.15) is 5.26 Å². The number of para-hydroxylation sites is 1. The van der Waals surface area contributed by atoms with Gasteiger partial charge in [-0.05, 0) is 37.8 Å². The van der Waals surface area contributed by atoms with Gasteiger partial charge in [-0.1, -0.05) is 31.0 Å². The Morgan fingerprint density at radius 3 is 2.28 bits per heavy atom. The highest BCUT2D eigenvalue weighted by molar-refractivity contribution is 7.91. The average molecular weight is 679 g/mol. The van der Waals surface area contributed by atoms with Crippen LogP contribution in [0.1, 0.15) is 50.2 Å². The van der Waals surface area contributed by atoms with Crippen LogP contribution in [0.2, 0.25) is 0 Å². The molecule has 1 aromatic carbocycles. The third kappa shape index (κ3) is 6.60. The molecule has 248 valence electrons. The van der Waals surface area contributed by atoms with E-state index in [1.165, 1.54) is 0 Å². The number of hydrogen-bond donors (Lipinski definition) is 1. The zero-order valence-electron chi connectivity index (χ0n) is 26.1. The Labute approximate surface area is 275 Å². The van der Waals surface area contributed by atoms with Gasteiger partial charge in [0.05, 0.1) is 46.5 Å². The molecule has 1 N–H and O–H groups in total. The molecule has 1 amide bonds. The molecule has 47 heavy (non-hydrogen) atoms. The highest BCUT2D eigenvalue weighted by Gasteiger charge is 2.47. The van der Waals surface area contributed by atoms with Crippen molar-refractivity contribution in [1.29, 1.82) is 5.26 Å². The molecule has 2 aromatic heterocycles. The van der Waals surface area contributed by atoms with E-state index >= 15 is 0 Å².